The number of rotatable bonds is 16. The molecule has 0 radical (unpaired) electrons. The van der Waals surface area contributed by atoms with Crippen LogP contribution in [-0.2, 0) is 38.8 Å². The van der Waals surface area contributed by atoms with E-state index in [1.165, 1.54) is 0 Å². The molecule has 212 valence electrons. The molecule has 0 spiro atoms. The van der Waals surface area contributed by atoms with Gasteiger partial charge in [-0.2, -0.15) is 0 Å². The maximum atomic E-state index is 13.0. The van der Waals surface area contributed by atoms with Crippen LogP contribution in [0.15, 0.2) is 121 Å². The molecule has 2 N–H and O–H groups in total. The van der Waals surface area contributed by atoms with E-state index in [9.17, 15) is 14.7 Å². The van der Waals surface area contributed by atoms with Gasteiger partial charge in [-0.3, -0.25) is 4.79 Å². The molecule has 7 nitrogen and oxygen atoms in total. The fourth-order valence-electron chi connectivity index (χ4n) is 4.35. The Labute approximate surface area is 240 Å². The van der Waals surface area contributed by atoms with Crippen molar-refractivity contribution in [1.82, 2.24) is 5.32 Å². The van der Waals surface area contributed by atoms with E-state index in [4.69, 9.17) is 14.2 Å². The van der Waals surface area contributed by atoms with Gasteiger partial charge in [0.25, 0.3) is 5.91 Å². The Balaban J connectivity index is 1.57. The number of aliphatic hydroxyl groups excluding tert-OH is 1. The van der Waals surface area contributed by atoms with Gasteiger partial charge in [-0.15, -0.1) is 0 Å². The van der Waals surface area contributed by atoms with E-state index in [0.29, 0.717) is 18.5 Å². The zero-order valence-corrected chi connectivity index (χ0v) is 22.8. The molecule has 0 bridgehead atoms. The molecule has 4 aromatic rings. The van der Waals surface area contributed by atoms with Crippen molar-refractivity contribution >= 4 is 12.2 Å². The summed E-state index contributed by atoms with van der Waals surface area (Å²) in [5, 5.41) is 14.1. The number of benzene rings is 4. The van der Waals surface area contributed by atoms with Crippen molar-refractivity contribution in [3.63, 3.8) is 0 Å². The van der Waals surface area contributed by atoms with Crippen LogP contribution in [0.25, 0.3) is 0 Å². The first-order valence-corrected chi connectivity index (χ1v) is 13.6. The zero-order valence-electron chi connectivity index (χ0n) is 22.8. The van der Waals surface area contributed by atoms with Crippen molar-refractivity contribution < 1.29 is 28.9 Å². The third-order valence-corrected chi connectivity index (χ3v) is 6.51. The van der Waals surface area contributed by atoms with E-state index >= 15 is 0 Å². The van der Waals surface area contributed by atoms with Crippen molar-refractivity contribution in [2.24, 2.45) is 0 Å². The second kappa shape index (κ2) is 16.2. The largest absolute Gasteiger partial charge is 0.388 e. The summed E-state index contributed by atoms with van der Waals surface area (Å²) in [4.78, 5) is 25.5. The summed E-state index contributed by atoms with van der Waals surface area (Å²) in [5.41, 5.74) is 3.11. The van der Waals surface area contributed by atoms with Gasteiger partial charge in [-0.25, -0.2) is 0 Å². The van der Waals surface area contributed by atoms with Gasteiger partial charge in [0, 0.05) is 5.56 Å². The number of hydrogen-bond acceptors (Lipinski definition) is 6. The van der Waals surface area contributed by atoms with E-state index < -0.39 is 30.3 Å². The molecule has 7 heteroatoms. The maximum Gasteiger partial charge on any atom is 0.251 e. The number of carbonyl (C=O) groups excluding carboxylic acids is 2. The van der Waals surface area contributed by atoms with Crippen LogP contribution in [0.1, 0.15) is 27.0 Å². The lowest BCUT2D eigenvalue weighted by atomic mass is 10.0. The summed E-state index contributed by atoms with van der Waals surface area (Å²) in [5.74, 6) is -0.437. The van der Waals surface area contributed by atoms with E-state index in [1.807, 2.05) is 91.0 Å². The van der Waals surface area contributed by atoms with Gasteiger partial charge in [0.05, 0.1) is 26.4 Å². The number of hydrogen-bond donors (Lipinski definition) is 2. The predicted molar refractivity (Wildman–Crippen MR) is 156 cm³/mol. The zero-order chi connectivity index (χ0) is 28.7. The number of aldehydes is 1. The van der Waals surface area contributed by atoms with Crippen LogP contribution in [0.3, 0.4) is 0 Å². The molecule has 0 saturated carbocycles. The molecule has 0 saturated heterocycles. The molecule has 0 aromatic heterocycles. The average molecular weight is 554 g/mol. The second-order valence-corrected chi connectivity index (χ2v) is 9.59. The molecule has 1 amide bonds. The van der Waals surface area contributed by atoms with Crippen LogP contribution in [0, 0.1) is 0 Å². The highest BCUT2D eigenvalue weighted by Crippen LogP contribution is 2.19. The van der Waals surface area contributed by atoms with Crippen molar-refractivity contribution in [2.45, 2.75) is 44.2 Å². The highest BCUT2D eigenvalue weighted by Gasteiger charge is 2.37. The first-order valence-electron chi connectivity index (χ1n) is 13.6. The van der Waals surface area contributed by atoms with Gasteiger partial charge in [0.15, 0.2) is 0 Å². The standard InChI is InChI=1S/C34H35NO6/c36-21-30(35-34(38)29-19-11-4-12-20-29)32(40-23-27-15-7-2-8-16-27)33(41-24-28-17-9-3-10-18-28)31(37)25-39-22-26-13-5-1-6-14-26/h1-21,30-33,37H,22-25H2,(H,35,38). The minimum absolute atomic E-state index is 0.0717. The van der Waals surface area contributed by atoms with Crippen LogP contribution >= 0.6 is 0 Å². The Bertz CT molecular complexity index is 1300. The van der Waals surface area contributed by atoms with Gasteiger partial charge >= 0.3 is 0 Å². The number of ether oxygens (including phenoxy) is 3. The van der Waals surface area contributed by atoms with Crippen molar-refractivity contribution in [3.8, 4) is 0 Å². The summed E-state index contributed by atoms with van der Waals surface area (Å²) >= 11 is 0. The molecule has 4 unspecified atom stereocenters. The Hall–Kier alpha value is -4.14. The fraction of sp³-hybridized carbons (Fsp3) is 0.235. The third kappa shape index (κ3) is 9.48. The Kier molecular flexibility index (Phi) is 11.8. The van der Waals surface area contributed by atoms with Crippen LogP contribution in [0.4, 0.5) is 0 Å². The molecule has 4 atom stereocenters. The molecule has 0 aliphatic heterocycles. The van der Waals surface area contributed by atoms with Crippen molar-refractivity contribution in [2.75, 3.05) is 6.61 Å². The van der Waals surface area contributed by atoms with Crippen molar-refractivity contribution in [1.29, 1.82) is 0 Å². The second-order valence-electron chi connectivity index (χ2n) is 9.59. The van der Waals surface area contributed by atoms with Gasteiger partial charge < -0.3 is 29.4 Å². The summed E-state index contributed by atoms with van der Waals surface area (Å²) < 4.78 is 18.3. The minimum atomic E-state index is -1.17. The molecule has 0 aliphatic carbocycles. The summed E-state index contributed by atoms with van der Waals surface area (Å²) in [7, 11) is 0. The van der Waals surface area contributed by atoms with E-state index in [1.54, 1.807) is 30.3 Å². The first-order chi connectivity index (χ1) is 20.1. The molecule has 41 heavy (non-hydrogen) atoms. The highest BCUT2D eigenvalue weighted by atomic mass is 16.6. The summed E-state index contributed by atoms with van der Waals surface area (Å²) in [6.45, 7) is 0.517. The lowest BCUT2D eigenvalue weighted by Crippen LogP contribution is -2.55. The van der Waals surface area contributed by atoms with E-state index in [0.717, 1.165) is 16.7 Å². The van der Waals surface area contributed by atoms with Crippen LogP contribution in [-0.4, -0.2) is 48.3 Å². The highest BCUT2D eigenvalue weighted by molar-refractivity contribution is 5.95. The maximum absolute atomic E-state index is 13.0. The Morgan fingerprint density at radius 3 is 1.59 bits per heavy atom. The van der Waals surface area contributed by atoms with E-state index in [2.05, 4.69) is 5.32 Å². The normalized spacial score (nSPS) is 14.0. The number of aliphatic hydroxyl groups is 1. The summed E-state index contributed by atoms with van der Waals surface area (Å²) in [6, 6.07) is 36.1. The smallest absolute Gasteiger partial charge is 0.251 e. The lowest BCUT2D eigenvalue weighted by molar-refractivity contribution is -0.157. The molecular formula is C34H35NO6. The topological polar surface area (TPSA) is 94.1 Å². The Morgan fingerprint density at radius 2 is 1.10 bits per heavy atom. The van der Waals surface area contributed by atoms with Crippen LogP contribution < -0.4 is 5.32 Å². The molecule has 4 aromatic carbocycles. The predicted octanol–water partition coefficient (Wildman–Crippen LogP) is 4.73. The van der Waals surface area contributed by atoms with Gasteiger partial charge in [-0.05, 0) is 28.8 Å². The average Bonchev–Trinajstić information content (AvgIpc) is 3.03. The number of carbonyl (C=O) groups is 2. The number of nitrogens with one attached hydrogen (secondary N) is 1. The van der Waals surface area contributed by atoms with Gasteiger partial charge in [0.1, 0.15) is 30.6 Å². The molecule has 4 rings (SSSR count). The number of amides is 1. The fourth-order valence-corrected chi connectivity index (χ4v) is 4.35. The lowest BCUT2D eigenvalue weighted by Gasteiger charge is -2.34. The molecule has 0 aliphatic rings. The van der Waals surface area contributed by atoms with Crippen LogP contribution in [0.2, 0.25) is 0 Å². The van der Waals surface area contributed by atoms with Gasteiger partial charge in [0.2, 0.25) is 0 Å². The van der Waals surface area contributed by atoms with Gasteiger partial charge in [-0.1, -0.05) is 109 Å². The summed E-state index contributed by atoms with van der Waals surface area (Å²) in [6.07, 6.45) is -2.59. The van der Waals surface area contributed by atoms with Crippen molar-refractivity contribution in [3.05, 3.63) is 144 Å². The van der Waals surface area contributed by atoms with E-state index in [-0.39, 0.29) is 19.8 Å². The molecule has 0 fully saturated rings. The quantitative estimate of drug-likeness (QED) is 0.195. The molecular weight excluding hydrogens is 518 g/mol. The minimum Gasteiger partial charge on any atom is -0.388 e. The molecule has 0 heterocycles. The SMILES string of the molecule is O=CC(NC(=O)c1ccccc1)C(OCc1ccccc1)C(OCc1ccccc1)C(O)COCc1ccccc1. The first kappa shape index (κ1) is 29.8. The van der Waals surface area contributed by atoms with Crippen LogP contribution in [0.5, 0.6) is 0 Å². The monoisotopic (exact) mass is 553 g/mol. The third-order valence-electron chi connectivity index (χ3n) is 6.51. The Morgan fingerprint density at radius 1 is 0.659 bits per heavy atom.